The summed E-state index contributed by atoms with van der Waals surface area (Å²) in [6.07, 6.45) is 2.73. The molecule has 0 unspecified atom stereocenters. The molecule has 28 heavy (non-hydrogen) atoms. The average molecular weight is 366 g/mol. The van der Waals surface area contributed by atoms with Crippen LogP contribution >= 0.6 is 0 Å². The molecule has 0 aliphatic carbocycles. The van der Waals surface area contributed by atoms with Crippen molar-refractivity contribution in [2.45, 2.75) is 0 Å². The second-order valence-corrected chi connectivity index (χ2v) is 6.76. The van der Waals surface area contributed by atoms with E-state index in [0.29, 0.717) is 5.69 Å². The summed E-state index contributed by atoms with van der Waals surface area (Å²) in [5.74, 6) is -0.416. The molecule has 134 valence electrons. The van der Waals surface area contributed by atoms with Crippen LogP contribution in [0.2, 0.25) is 0 Å². The monoisotopic (exact) mass is 366 g/mol. The van der Waals surface area contributed by atoms with Crippen LogP contribution in [-0.2, 0) is 0 Å². The number of aromatic nitrogens is 1. The predicted octanol–water partition coefficient (Wildman–Crippen LogP) is 2.91. The van der Waals surface area contributed by atoms with E-state index in [1.807, 2.05) is 24.3 Å². The molecule has 0 aliphatic heterocycles. The minimum atomic E-state index is -1.77. The fraction of sp³-hybridized carbons (Fsp3) is 0. The zero-order valence-electron chi connectivity index (χ0n) is 14.8. The predicted molar refractivity (Wildman–Crippen MR) is 112 cm³/mol. The Morgan fingerprint density at radius 1 is 0.857 bits per heavy atom. The number of carbonyl (C=O) groups excluding carboxylic acids is 1. The molecule has 0 fully saturated rings. The smallest absolute Gasteiger partial charge is 0.423 e. The van der Waals surface area contributed by atoms with Crippen LogP contribution in [0.3, 0.4) is 0 Å². The molecule has 5 rings (SSSR count). The van der Waals surface area contributed by atoms with Crippen LogP contribution in [0.15, 0.2) is 73.1 Å². The van der Waals surface area contributed by atoms with E-state index in [1.165, 1.54) is 23.8 Å². The van der Waals surface area contributed by atoms with Gasteiger partial charge in [-0.15, -0.1) is 0 Å². The number of carbonyl (C=O) groups is 1. The molecule has 5 nitrogen and oxygen atoms in total. The van der Waals surface area contributed by atoms with Gasteiger partial charge in [-0.3, -0.25) is 9.78 Å². The summed E-state index contributed by atoms with van der Waals surface area (Å²) in [4.78, 5) is 16.7. The van der Waals surface area contributed by atoms with Gasteiger partial charge in [-0.2, -0.15) is 0 Å². The quantitative estimate of drug-likeness (QED) is 0.339. The molecule has 6 heteroatoms. The average Bonchev–Trinajstić information content (AvgIpc) is 2.73. The lowest BCUT2D eigenvalue weighted by Gasteiger charge is -2.15. The maximum absolute atomic E-state index is 12.8. The molecule has 4 aromatic carbocycles. The van der Waals surface area contributed by atoms with Crippen LogP contribution in [0.1, 0.15) is 10.4 Å². The molecule has 5 aromatic rings. The van der Waals surface area contributed by atoms with Gasteiger partial charge in [-0.05, 0) is 39.1 Å². The van der Waals surface area contributed by atoms with E-state index in [-0.39, 0.29) is 11.0 Å². The van der Waals surface area contributed by atoms with Crippen LogP contribution in [0.25, 0.3) is 32.3 Å². The molecule has 0 spiro atoms. The molecular weight excluding hydrogens is 351 g/mol. The Balaban J connectivity index is 1.67. The first kappa shape index (κ1) is 16.7. The number of anilines is 1. The van der Waals surface area contributed by atoms with Crippen molar-refractivity contribution in [2.75, 3.05) is 5.32 Å². The zero-order valence-corrected chi connectivity index (χ0v) is 14.8. The van der Waals surface area contributed by atoms with Crippen molar-refractivity contribution in [3.63, 3.8) is 0 Å². The molecule has 1 aromatic heterocycles. The summed E-state index contributed by atoms with van der Waals surface area (Å²) in [5.41, 5.74) is 0.916. The third-order valence-electron chi connectivity index (χ3n) is 5.15. The van der Waals surface area contributed by atoms with Crippen molar-refractivity contribution in [1.82, 2.24) is 4.98 Å². The molecule has 0 saturated carbocycles. The van der Waals surface area contributed by atoms with Gasteiger partial charge in [0.2, 0.25) is 0 Å². The Hall–Kier alpha value is -3.48. The SMILES string of the molecule is O=C(Nc1ccc2ccc3cccc4ccc1c2c34)c1ccncc1B(O)O. The van der Waals surface area contributed by atoms with Crippen LogP contribution in [0, 0.1) is 0 Å². The fourth-order valence-corrected chi connectivity index (χ4v) is 3.85. The summed E-state index contributed by atoms with van der Waals surface area (Å²) in [6, 6.07) is 19.8. The van der Waals surface area contributed by atoms with Crippen molar-refractivity contribution in [3.05, 3.63) is 78.6 Å². The maximum Gasteiger partial charge on any atom is 0.490 e. The molecule has 0 bridgehead atoms. The Kier molecular flexibility index (Phi) is 3.75. The molecule has 0 radical (unpaired) electrons. The topological polar surface area (TPSA) is 82.5 Å². The van der Waals surface area contributed by atoms with E-state index in [2.05, 4.69) is 40.6 Å². The first-order chi connectivity index (χ1) is 13.6. The van der Waals surface area contributed by atoms with Gasteiger partial charge in [-0.1, -0.05) is 48.5 Å². The third-order valence-corrected chi connectivity index (χ3v) is 5.15. The Bertz CT molecular complexity index is 1330. The van der Waals surface area contributed by atoms with Crippen LogP contribution in [0.5, 0.6) is 0 Å². The first-order valence-electron chi connectivity index (χ1n) is 8.91. The molecule has 1 amide bonds. The molecular formula is C22H15BN2O3. The van der Waals surface area contributed by atoms with Crippen molar-refractivity contribution in [3.8, 4) is 0 Å². The van der Waals surface area contributed by atoms with Crippen molar-refractivity contribution >= 4 is 56.5 Å². The number of nitrogens with one attached hydrogen (secondary N) is 1. The zero-order chi connectivity index (χ0) is 19.3. The number of benzene rings is 4. The van der Waals surface area contributed by atoms with Gasteiger partial charge in [0, 0.05) is 34.5 Å². The standard InChI is InChI=1S/C22H15BN2O3/c26-22(16-10-11-24-12-18(16)23(27)28)25-19-9-7-15-5-4-13-2-1-3-14-6-8-17(19)21(15)20(13)14/h1-12,27-28H,(H,25,26). The minimum Gasteiger partial charge on any atom is -0.423 e. The number of hydrogen-bond acceptors (Lipinski definition) is 4. The lowest BCUT2D eigenvalue weighted by Crippen LogP contribution is -2.36. The lowest BCUT2D eigenvalue weighted by molar-refractivity contribution is 0.102. The minimum absolute atomic E-state index is 0.0673. The van der Waals surface area contributed by atoms with E-state index < -0.39 is 13.0 Å². The second-order valence-electron chi connectivity index (χ2n) is 6.76. The summed E-state index contributed by atoms with van der Waals surface area (Å²) in [6.45, 7) is 0. The number of rotatable bonds is 3. The number of hydrogen-bond donors (Lipinski definition) is 3. The van der Waals surface area contributed by atoms with Gasteiger partial charge in [0.25, 0.3) is 5.91 Å². The number of nitrogens with zero attached hydrogens (tertiary/aromatic N) is 1. The molecule has 1 heterocycles. The first-order valence-corrected chi connectivity index (χ1v) is 8.91. The van der Waals surface area contributed by atoms with Crippen molar-refractivity contribution < 1.29 is 14.8 Å². The largest absolute Gasteiger partial charge is 0.490 e. The highest BCUT2D eigenvalue weighted by Gasteiger charge is 2.21. The van der Waals surface area contributed by atoms with Crippen molar-refractivity contribution in [2.24, 2.45) is 0 Å². The van der Waals surface area contributed by atoms with Crippen LogP contribution < -0.4 is 10.8 Å². The van der Waals surface area contributed by atoms with Gasteiger partial charge < -0.3 is 15.4 Å². The van der Waals surface area contributed by atoms with E-state index >= 15 is 0 Å². The molecule has 0 saturated heterocycles. The van der Waals surface area contributed by atoms with E-state index in [4.69, 9.17) is 0 Å². The number of amides is 1. The third kappa shape index (κ3) is 2.51. The second kappa shape index (κ2) is 6.30. The van der Waals surface area contributed by atoms with Crippen LogP contribution in [0.4, 0.5) is 5.69 Å². The summed E-state index contributed by atoms with van der Waals surface area (Å²) in [7, 11) is -1.77. The highest BCUT2D eigenvalue weighted by atomic mass is 16.4. The maximum atomic E-state index is 12.8. The Morgan fingerprint density at radius 3 is 2.29 bits per heavy atom. The van der Waals surface area contributed by atoms with Crippen LogP contribution in [-0.4, -0.2) is 28.1 Å². The van der Waals surface area contributed by atoms with Gasteiger partial charge in [0.15, 0.2) is 0 Å². The highest BCUT2D eigenvalue weighted by molar-refractivity contribution is 6.60. The number of pyridine rings is 1. The van der Waals surface area contributed by atoms with Gasteiger partial charge >= 0.3 is 7.12 Å². The summed E-state index contributed by atoms with van der Waals surface area (Å²) < 4.78 is 0. The van der Waals surface area contributed by atoms with Crippen molar-refractivity contribution in [1.29, 1.82) is 0 Å². The van der Waals surface area contributed by atoms with Gasteiger partial charge in [0.1, 0.15) is 0 Å². The lowest BCUT2D eigenvalue weighted by atomic mass is 9.78. The Labute approximate surface area is 160 Å². The normalized spacial score (nSPS) is 11.4. The Morgan fingerprint density at radius 2 is 1.54 bits per heavy atom. The van der Waals surface area contributed by atoms with E-state index in [9.17, 15) is 14.8 Å². The highest BCUT2D eigenvalue weighted by Crippen LogP contribution is 2.37. The fourth-order valence-electron chi connectivity index (χ4n) is 3.85. The summed E-state index contributed by atoms with van der Waals surface area (Å²) >= 11 is 0. The molecule has 0 aliphatic rings. The van der Waals surface area contributed by atoms with Gasteiger partial charge in [0.05, 0.1) is 0 Å². The summed E-state index contributed by atoms with van der Waals surface area (Å²) in [5, 5.41) is 28.6. The molecule has 3 N–H and O–H groups in total. The molecule has 0 atom stereocenters. The van der Waals surface area contributed by atoms with E-state index in [0.717, 1.165) is 26.9 Å². The van der Waals surface area contributed by atoms with E-state index in [1.54, 1.807) is 0 Å². The van der Waals surface area contributed by atoms with Gasteiger partial charge in [-0.25, -0.2) is 0 Å².